The van der Waals surface area contributed by atoms with E-state index in [1.807, 2.05) is 0 Å². The van der Waals surface area contributed by atoms with Crippen LogP contribution in [0.5, 0.6) is 0 Å². The summed E-state index contributed by atoms with van der Waals surface area (Å²) in [6.07, 6.45) is 2.68. The minimum atomic E-state index is -1.17. The highest BCUT2D eigenvalue weighted by atomic mass is 32.2. The summed E-state index contributed by atoms with van der Waals surface area (Å²) in [6.45, 7) is 4.17. The molecular formula is C11H18O3S2. The largest absolute Gasteiger partial charge is 0.611 e. The maximum Gasteiger partial charge on any atom is 0.387 e. The van der Waals surface area contributed by atoms with E-state index in [0.717, 1.165) is 29.9 Å². The van der Waals surface area contributed by atoms with Gasteiger partial charge in [-0.3, -0.25) is 0 Å². The smallest absolute Gasteiger partial charge is 0.387 e. The Morgan fingerprint density at radius 1 is 1.56 bits per heavy atom. The van der Waals surface area contributed by atoms with Gasteiger partial charge in [0.2, 0.25) is 4.91 Å². The van der Waals surface area contributed by atoms with Crippen LogP contribution in [0.15, 0.2) is 9.81 Å². The molecule has 1 atom stereocenters. The number of carbonyl (C=O) groups excluding carboxylic acids is 1. The van der Waals surface area contributed by atoms with E-state index in [0.29, 0.717) is 17.3 Å². The summed E-state index contributed by atoms with van der Waals surface area (Å²) in [5, 5.41) is 0. The Morgan fingerprint density at radius 2 is 2.31 bits per heavy atom. The summed E-state index contributed by atoms with van der Waals surface area (Å²) < 4.78 is 16.9. The van der Waals surface area contributed by atoms with E-state index in [1.54, 1.807) is 18.7 Å². The lowest BCUT2D eigenvalue weighted by atomic mass is 10.3. The quantitative estimate of drug-likeness (QED) is 0.577. The first-order valence-corrected chi connectivity index (χ1v) is 7.92. The van der Waals surface area contributed by atoms with Crippen molar-refractivity contribution in [3.63, 3.8) is 0 Å². The molecule has 0 saturated carbocycles. The van der Waals surface area contributed by atoms with Gasteiger partial charge < -0.3 is 9.29 Å². The molecular weight excluding hydrogens is 244 g/mol. The summed E-state index contributed by atoms with van der Waals surface area (Å²) >= 11 is 0.486. The third-order valence-corrected chi connectivity index (χ3v) is 5.08. The molecule has 0 aromatic rings. The molecule has 16 heavy (non-hydrogen) atoms. The first-order valence-electron chi connectivity index (χ1n) is 5.62. The molecule has 0 amide bonds. The van der Waals surface area contributed by atoms with Crippen molar-refractivity contribution in [3.05, 3.63) is 9.81 Å². The van der Waals surface area contributed by atoms with Crippen molar-refractivity contribution in [2.24, 2.45) is 0 Å². The lowest BCUT2D eigenvalue weighted by Crippen LogP contribution is -2.19. The molecule has 0 aromatic carbocycles. The molecule has 0 spiro atoms. The maximum atomic E-state index is 12.0. The average molecular weight is 262 g/mol. The Bertz CT molecular complexity index is 276. The van der Waals surface area contributed by atoms with E-state index in [-0.39, 0.29) is 0 Å². The van der Waals surface area contributed by atoms with Crippen molar-refractivity contribution in [3.8, 4) is 0 Å². The number of esters is 1. The zero-order valence-corrected chi connectivity index (χ0v) is 11.4. The van der Waals surface area contributed by atoms with Crippen LogP contribution in [0.25, 0.3) is 0 Å². The zero-order valence-electron chi connectivity index (χ0n) is 9.78. The van der Waals surface area contributed by atoms with Crippen LogP contribution in [0, 0.1) is 0 Å². The Kier molecular flexibility index (Phi) is 6.31. The molecule has 1 unspecified atom stereocenters. The van der Waals surface area contributed by atoms with Crippen LogP contribution in [-0.2, 0) is 20.7 Å². The Balaban J connectivity index is 2.92. The summed E-state index contributed by atoms with van der Waals surface area (Å²) in [7, 11) is 0. The van der Waals surface area contributed by atoms with E-state index < -0.39 is 17.1 Å². The SMILES string of the molecule is CCCC1=C(C(=O)OCC)[S+]([O-])CCCS1. The molecule has 0 radical (unpaired) electrons. The van der Waals surface area contributed by atoms with Crippen molar-refractivity contribution in [2.45, 2.75) is 33.1 Å². The number of ether oxygens (including phenoxy) is 1. The van der Waals surface area contributed by atoms with Gasteiger partial charge in [-0.05, 0) is 24.5 Å². The van der Waals surface area contributed by atoms with Gasteiger partial charge in [-0.1, -0.05) is 13.3 Å². The topological polar surface area (TPSA) is 49.4 Å². The monoisotopic (exact) mass is 262 g/mol. The molecule has 5 heteroatoms. The first kappa shape index (κ1) is 13.9. The molecule has 1 heterocycles. The van der Waals surface area contributed by atoms with Crippen LogP contribution >= 0.6 is 11.8 Å². The Hall–Kier alpha value is -0.130. The van der Waals surface area contributed by atoms with Gasteiger partial charge in [0.25, 0.3) is 0 Å². The van der Waals surface area contributed by atoms with Gasteiger partial charge in [-0.25, -0.2) is 4.79 Å². The predicted octanol–water partition coefficient (Wildman–Crippen LogP) is 2.45. The number of hydrogen-bond donors (Lipinski definition) is 0. The van der Waals surface area contributed by atoms with Gasteiger partial charge in [0.1, 0.15) is 5.75 Å². The molecule has 0 bridgehead atoms. The first-order chi connectivity index (χ1) is 7.70. The summed E-state index contributed by atoms with van der Waals surface area (Å²) in [5.41, 5.74) is 0. The fourth-order valence-corrected chi connectivity index (χ4v) is 4.44. The van der Waals surface area contributed by atoms with Gasteiger partial charge in [-0.15, -0.1) is 11.8 Å². The van der Waals surface area contributed by atoms with Gasteiger partial charge in [0, 0.05) is 17.1 Å². The van der Waals surface area contributed by atoms with Crippen LogP contribution in [0.2, 0.25) is 0 Å². The van der Waals surface area contributed by atoms with Crippen molar-refractivity contribution in [2.75, 3.05) is 18.1 Å². The van der Waals surface area contributed by atoms with E-state index in [1.165, 1.54) is 0 Å². The van der Waals surface area contributed by atoms with E-state index in [4.69, 9.17) is 4.74 Å². The van der Waals surface area contributed by atoms with Crippen molar-refractivity contribution in [1.82, 2.24) is 0 Å². The van der Waals surface area contributed by atoms with Crippen molar-refractivity contribution < 1.29 is 14.1 Å². The van der Waals surface area contributed by atoms with Crippen molar-refractivity contribution >= 4 is 28.9 Å². The molecule has 0 aromatic heterocycles. The molecule has 1 rings (SSSR count). The second kappa shape index (κ2) is 7.25. The summed E-state index contributed by atoms with van der Waals surface area (Å²) in [6, 6.07) is 0. The molecule has 92 valence electrons. The van der Waals surface area contributed by atoms with Crippen LogP contribution < -0.4 is 0 Å². The standard InChI is InChI=1S/C11H18O3S2/c1-3-6-9-10(11(12)14-4-2)16(13)8-5-7-15-9/h3-8H2,1-2H3. The highest BCUT2D eigenvalue weighted by molar-refractivity contribution is 8.05. The molecule has 0 fully saturated rings. The van der Waals surface area contributed by atoms with Gasteiger partial charge in [0.15, 0.2) is 0 Å². The lowest BCUT2D eigenvalue weighted by Gasteiger charge is -2.13. The molecule has 0 aliphatic carbocycles. The zero-order chi connectivity index (χ0) is 12.0. The van der Waals surface area contributed by atoms with Crippen LogP contribution in [-0.4, -0.2) is 28.6 Å². The summed E-state index contributed by atoms with van der Waals surface area (Å²) in [4.78, 5) is 13.2. The maximum absolute atomic E-state index is 12.0. The van der Waals surface area contributed by atoms with Crippen LogP contribution in [0.1, 0.15) is 33.1 Å². The number of hydrogen-bond acceptors (Lipinski definition) is 4. The minimum Gasteiger partial charge on any atom is -0.611 e. The fourth-order valence-electron chi connectivity index (χ4n) is 1.50. The number of allylic oxidation sites excluding steroid dienone is 1. The highest BCUT2D eigenvalue weighted by Crippen LogP contribution is 2.32. The fraction of sp³-hybridized carbons (Fsp3) is 0.727. The Labute approximate surface area is 104 Å². The second-order valence-electron chi connectivity index (χ2n) is 3.47. The number of thioether (sulfide) groups is 1. The third-order valence-electron chi connectivity index (χ3n) is 2.17. The molecule has 0 N–H and O–H groups in total. The van der Waals surface area contributed by atoms with E-state index >= 15 is 0 Å². The average Bonchev–Trinajstić information content (AvgIpc) is 2.41. The molecule has 1 aliphatic rings. The number of carbonyl (C=O) groups is 1. The molecule has 0 saturated heterocycles. The predicted molar refractivity (Wildman–Crippen MR) is 68.7 cm³/mol. The summed E-state index contributed by atoms with van der Waals surface area (Å²) in [5.74, 6) is 1.14. The minimum absolute atomic E-state index is 0.337. The van der Waals surface area contributed by atoms with Gasteiger partial charge in [0.05, 0.1) is 6.61 Å². The second-order valence-corrected chi connectivity index (χ2v) is 6.17. The highest BCUT2D eigenvalue weighted by Gasteiger charge is 2.31. The van der Waals surface area contributed by atoms with Crippen molar-refractivity contribution in [1.29, 1.82) is 0 Å². The lowest BCUT2D eigenvalue weighted by molar-refractivity contribution is -0.137. The van der Waals surface area contributed by atoms with Gasteiger partial charge >= 0.3 is 5.97 Å². The normalized spacial score (nSPS) is 21.8. The van der Waals surface area contributed by atoms with Crippen LogP contribution in [0.4, 0.5) is 0 Å². The molecule has 1 aliphatic heterocycles. The van der Waals surface area contributed by atoms with Gasteiger partial charge in [-0.2, -0.15) is 0 Å². The molecule has 3 nitrogen and oxygen atoms in total. The number of rotatable bonds is 4. The Morgan fingerprint density at radius 3 is 2.94 bits per heavy atom. The third kappa shape index (κ3) is 3.71. The van der Waals surface area contributed by atoms with Crippen LogP contribution in [0.3, 0.4) is 0 Å². The van der Waals surface area contributed by atoms with E-state index in [2.05, 4.69) is 6.92 Å². The van der Waals surface area contributed by atoms with E-state index in [9.17, 15) is 9.35 Å².